The lowest BCUT2D eigenvalue weighted by Gasteiger charge is -2.05. The normalized spacial score (nSPS) is 11.2. The molecule has 4 nitrogen and oxygen atoms in total. The molecule has 0 radical (unpaired) electrons. The van der Waals surface area contributed by atoms with E-state index in [1.54, 1.807) is 11.3 Å². The van der Waals surface area contributed by atoms with Crippen LogP contribution < -0.4 is 10.2 Å². The zero-order valence-electron chi connectivity index (χ0n) is 10.8. The number of benzene rings is 1. The summed E-state index contributed by atoms with van der Waals surface area (Å²) in [6.45, 7) is 1.64. The molecule has 0 spiro atoms. The van der Waals surface area contributed by atoms with E-state index in [0.29, 0.717) is 5.75 Å². The van der Waals surface area contributed by atoms with Crippen LogP contribution in [0.25, 0.3) is 0 Å². The topological polar surface area (TPSA) is 50.7 Å². The number of carbonyl (C=O) groups is 1. The van der Waals surface area contributed by atoms with Gasteiger partial charge in [0.25, 0.3) is 5.91 Å². The Hall–Kier alpha value is -2.21. The van der Waals surface area contributed by atoms with E-state index < -0.39 is 0 Å². The van der Waals surface area contributed by atoms with Crippen molar-refractivity contribution in [1.29, 1.82) is 0 Å². The van der Waals surface area contributed by atoms with Gasteiger partial charge in [0, 0.05) is 4.88 Å². The Morgan fingerprint density at radius 3 is 2.75 bits per heavy atom. The first-order valence-corrected chi connectivity index (χ1v) is 6.78. The van der Waals surface area contributed by atoms with Crippen LogP contribution in [0.3, 0.4) is 0 Å². The highest BCUT2D eigenvalue weighted by molar-refractivity contribution is 7.12. The van der Waals surface area contributed by atoms with E-state index in [9.17, 15) is 9.18 Å². The van der Waals surface area contributed by atoms with Crippen molar-refractivity contribution in [3.8, 4) is 5.75 Å². The van der Waals surface area contributed by atoms with Gasteiger partial charge in [0.1, 0.15) is 11.6 Å². The van der Waals surface area contributed by atoms with E-state index in [-0.39, 0.29) is 18.3 Å². The number of thiophene rings is 1. The lowest BCUT2D eigenvalue weighted by Crippen LogP contribution is -2.25. The van der Waals surface area contributed by atoms with Crippen LogP contribution in [0, 0.1) is 5.82 Å². The van der Waals surface area contributed by atoms with Gasteiger partial charge >= 0.3 is 0 Å². The van der Waals surface area contributed by atoms with Crippen LogP contribution >= 0.6 is 11.3 Å². The first kappa shape index (κ1) is 14.2. The van der Waals surface area contributed by atoms with Crippen molar-refractivity contribution in [2.24, 2.45) is 5.10 Å². The summed E-state index contributed by atoms with van der Waals surface area (Å²) < 4.78 is 17.9. The second kappa shape index (κ2) is 6.81. The molecule has 1 aromatic carbocycles. The second-order valence-electron chi connectivity index (χ2n) is 3.95. The van der Waals surface area contributed by atoms with Crippen molar-refractivity contribution >= 4 is 23.0 Å². The fourth-order valence-electron chi connectivity index (χ4n) is 1.40. The molecule has 1 heterocycles. The highest BCUT2D eigenvalue weighted by atomic mass is 32.1. The largest absolute Gasteiger partial charge is 0.484 e. The summed E-state index contributed by atoms with van der Waals surface area (Å²) in [5.41, 5.74) is 3.14. The lowest BCUT2D eigenvalue weighted by atomic mass is 10.3. The summed E-state index contributed by atoms with van der Waals surface area (Å²) in [6, 6.07) is 9.30. The van der Waals surface area contributed by atoms with Crippen molar-refractivity contribution < 1.29 is 13.9 Å². The predicted octanol–water partition coefficient (Wildman–Crippen LogP) is 2.81. The van der Waals surface area contributed by atoms with Gasteiger partial charge in [-0.25, -0.2) is 9.82 Å². The maximum Gasteiger partial charge on any atom is 0.277 e. The quantitative estimate of drug-likeness (QED) is 0.680. The molecule has 0 fully saturated rings. The maximum atomic E-state index is 12.7. The summed E-state index contributed by atoms with van der Waals surface area (Å²) in [7, 11) is 0. The number of rotatable bonds is 5. The van der Waals surface area contributed by atoms with Crippen molar-refractivity contribution in [2.75, 3.05) is 6.61 Å². The molecule has 6 heteroatoms. The molecule has 1 N–H and O–H groups in total. The Labute approximate surface area is 119 Å². The van der Waals surface area contributed by atoms with E-state index >= 15 is 0 Å². The van der Waals surface area contributed by atoms with Crippen LogP contribution in [0.1, 0.15) is 11.8 Å². The molecule has 0 aliphatic heterocycles. The van der Waals surface area contributed by atoms with Crippen LogP contribution in [0.15, 0.2) is 46.9 Å². The van der Waals surface area contributed by atoms with Crippen LogP contribution in [-0.4, -0.2) is 18.2 Å². The van der Waals surface area contributed by atoms with Crippen LogP contribution in [0.5, 0.6) is 5.75 Å². The molecule has 2 rings (SSSR count). The van der Waals surface area contributed by atoms with Crippen LogP contribution in [-0.2, 0) is 4.79 Å². The number of halogens is 1. The van der Waals surface area contributed by atoms with E-state index in [4.69, 9.17) is 4.74 Å². The third-order valence-corrected chi connectivity index (χ3v) is 3.39. The molecule has 0 saturated carbocycles. The zero-order valence-corrected chi connectivity index (χ0v) is 11.6. The van der Waals surface area contributed by atoms with Crippen molar-refractivity contribution in [2.45, 2.75) is 6.92 Å². The minimum Gasteiger partial charge on any atom is -0.484 e. The SMILES string of the molecule is C/C(=N/NC(=O)COc1ccc(F)cc1)c1cccs1. The molecule has 2 aromatic rings. The number of nitrogens with one attached hydrogen (secondary N) is 1. The third kappa shape index (κ3) is 4.17. The summed E-state index contributed by atoms with van der Waals surface area (Å²) >= 11 is 1.55. The van der Waals surface area contributed by atoms with Gasteiger partial charge in [-0.15, -0.1) is 11.3 Å². The van der Waals surface area contributed by atoms with E-state index in [1.807, 2.05) is 24.4 Å². The first-order chi connectivity index (χ1) is 9.65. The standard InChI is InChI=1S/C14H13FN2O2S/c1-10(13-3-2-8-20-13)16-17-14(18)9-19-12-6-4-11(15)5-7-12/h2-8H,9H2,1H3,(H,17,18)/b16-10-. The predicted molar refractivity (Wildman–Crippen MR) is 76.6 cm³/mol. The van der Waals surface area contributed by atoms with Crippen LogP contribution in [0.2, 0.25) is 0 Å². The molecule has 1 amide bonds. The van der Waals surface area contributed by atoms with E-state index in [1.165, 1.54) is 24.3 Å². The van der Waals surface area contributed by atoms with Gasteiger partial charge in [-0.1, -0.05) is 6.07 Å². The Kier molecular flexibility index (Phi) is 4.84. The van der Waals surface area contributed by atoms with Gasteiger partial charge in [0.05, 0.1) is 5.71 Å². The van der Waals surface area contributed by atoms with Crippen molar-refractivity contribution in [3.63, 3.8) is 0 Å². The molecule has 1 aromatic heterocycles. The van der Waals surface area contributed by atoms with Gasteiger partial charge in [0.15, 0.2) is 6.61 Å². The monoisotopic (exact) mass is 292 g/mol. The highest BCUT2D eigenvalue weighted by Crippen LogP contribution is 2.11. The summed E-state index contributed by atoms with van der Waals surface area (Å²) in [4.78, 5) is 12.5. The van der Waals surface area contributed by atoms with Gasteiger partial charge in [-0.05, 0) is 42.6 Å². The second-order valence-corrected chi connectivity index (χ2v) is 4.90. The van der Waals surface area contributed by atoms with Gasteiger partial charge in [-0.3, -0.25) is 4.79 Å². The number of carbonyl (C=O) groups excluding carboxylic acids is 1. The summed E-state index contributed by atoms with van der Waals surface area (Å²) in [6.07, 6.45) is 0. The fourth-order valence-corrected chi connectivity index (χ4v) is 2.07. The Balaban J connectivity index is 1.81. The molecule has 0 aliphatic carbocycles. The number of amides is 1. The Morgan fingerprint density at radius 1 is 1.35 bits per heavy atom. The number of nitrogens with zero attached hydrogens (tertiary/aromatic N) is 1. The molecule has 0 unspecified atom stereocenters. The van der Waals surface area contributed by atoms with Crippen molar-refractivity contribution in [1.82, 2.24) is 5.43 Å². The minimum atomic E-state index is -0.370. The number of hydrazone groups is 1. The maximum absolute atomic E-state index is 12.7. The molecule has 104 valence electrons. The average molecular weight is 292 g/mol. The minimum absolute atomic E-state index is 0.174. The molecular formula is C14H13FN2O2S. The number of hydrogen-bond acceptors (Lipinski definition) is 4. The van der Waals surface area contributed by atoms with Crippen molar-refractivity contribution in [3.05, 3.63) is 52.5 Å². The number of ether oxygens (including phenoxy) is 1. The lowest BCUT2D eigenvalue weighted by molar-refractivity contribution is -0.123. The Bertz CT molecular complexity index is 594. The first-order valence-electron chi connectivity index (χ1n) is 5.90. The number of hydrogen-bond donors (Lipinski definition) is 1. The molecule has 0 bridgehead atoms. The van der Waals surface area contributed by atoms with E-state index in [2.05, 4.69) is 10.5 Å². The summed E-state index contributed by atoms with van der Waals surface area (Å²) in [5.74, 6) is -0.288. The fraction of sp³-hybridized carbons (Fsp3) is 0.143. The zero-order chi connectivity index (χ0) is 14.4. The smallest absolute Gasteiger partial charge is 0.277 e. The molecule has 0 aliphatic rings. The molecule has 0 atom stereocenters. The third-order valence-electron chi connectivity index (χ3n) is 2.41. The Morgan fingerprint density at radius 2 is 2.10 bits per heavy atom. The molecular weight excluding hydrogens is 279 g/mol. The van der Waals surface area contributed by atoms with Gasteiger partial charge in [0.2, 0.25) is 0 Å². The molecule has 20 heavy (non-hydrogen) atoms. The average Bonchev–Trinajstić information content (AvgIpc) is 2.98. The summed E-state index contributed by atoms with van der Waals surface area (Å²) in [5, 5.41) is 5.92. The van der Waals surface area contributed by atoms with Gasteiger partial charge < -0.3 is 4.74 Å². The van der Waals surface area contributed by atoms with Crippen LogP contribution in [0.4, 0.5) is 4.39 Å². The van der Waals surface area contributed by atoms with E-state index in [0.717, 1.165) is 10.6 Å². The van der Waals surface area contributed by atoms with Gasteiger partial charge in [-0.2, -0.15) is 5.10 Å². The highest BCUT2D eigenvalue weighted by Gasteiger charge is 2.03. The molecule has 0 saturated heterocycles.